The fraction of sp³-hybridized carbons (Fsp3) is 0. The molecule has 0 saturated heterocycles. The molecule has 0 N–H and O–H groups in total. The number of para-hydroxylation sites is 1. The van der Waals surface area contributed by atoms with Gasteiger partial charge in [-0.15, -0.1) is 0 Å². The second-order valence-corrected chi connectivity index (χ2v) is 3.17. The van der Waals surface area contributed by atoms with E-state index in [0.717, 1.165) is 22.3 Å². The van der Waals surface area contributed by atoms with E-state index in [4.69, 9.17) is 9.15 Å². The molecule has 1 aromatic heterocycles. The Morgan fingerprint density at radius 3 is 2.29 bits per heavy atom. The SMILES string of the molecule is c1ccc(-c2cccc3ooc23)cc1. The van der Waals surface area contributed by atoms with Gasteiger partial charge in [-0.3, -0.25) is 9.15 Å². The molecular weight excluding hydrogens is 176 g/mol. The van der Waals surface area contributed by atoms with Gasteiger partial charge in [0, 0.05) is 5.56 Å². The highest BCUT2D eigenvalue weighted by molar-refractivity contribution is 5.89. The van der Waals surface area contributed by atoms with E-state index < -0.39 is 0 Å². The lowest BCUT2D eigenvalue weighted by Gasteiger charge is -2.04. The Hall–Kier alpha value is -1.96. The molecule has 0 atom stereocenters. The Kier molecular flexibility index (Phi) is 1.47. The van der Waals surface area contributed by atoms with Gasteiger partial charge < -0.3 is 0 Å². The Morgan fingerprint density at radius 1 is 0.714 bits per heavy atom. The number of fused-ring (bicyclic) bond motifs is 1. The van der Waals surface area contributed by atoms with Gasteiger partial charge in [-0.05, 0) is 11.6 Å². The summed E-state index contributed by atoms with van der Waals surface area (Å²) >= 11 is 0. The van der Waals surface area contributed by atoms with E-state index in [1.807, 2.05) is 36.4 Å². The quantitative estimate of drug-likeness (QED) is 0.539. The molecular formula is C12H8O2. The molecule has 0 unspecified atom stereocenters. The molecule has 3 rings (SSSR count). The number of rotatable bonds is 1. The number of hydrogen-bond donors (Lipinski definition) is 0. The van der Waals surface area contributed by atoms with E-state index in [1.165, 1.54) is 0 Å². The van der Waals surface area contributed by atoms with Crippen LogP contribution in [0.5, 0.6) is 0 Å². The summed E-state index contributed by atoms with van der Waals surface area (Å²) in [7, 11) is 0. The van der Waals surface area contributed by atoms with E-state index >= 15 is 0 Å². The molecule has 1 heterocycles. The van der Waals surface area contributed by atoms with Crippen molar-refractivity contribution in [3.63, 3.8) is 0 Å². The number of hydrogen-bond acceptors (Lipinski definition) is 2. The third-order valence-electron chi connectivity index (χ3n) is 2.28. The fourth-order valence-electron chi connectivity index (χ4n) is 1.56. The topological polar surface area (TPSA) is 26.3 Å². The predicted octanol–water partition coefficient (Wildman–Crippen LogP) is 3.69. The molecule has 2 nitrogen and oxygen atoms in total. The van der Waals surface area contributed by atoms with Gasteiger partial charge in [0.1, 0.15) is 0 Å². The van der Waals surface area contributed by atoms with Gasteiger partial charge in [-0.2, -0.15) is 0 Å². The molecule has 0 amide bonds. The van der Waals surface area contributed by atoms with Gasteiger partial charge in [0.05, 0.1) is 0 Å². The van der Waals surface area contributed by atoms with Crippen LogP contribution in [-0.2, 0) is 0 Å². The monoisotopic (exact) mass is 184 g/mol. The molecule has 0 bridgehead atoms. The Labute approximate surface area is 80.7 Å². The zero-order chi connectivity index (χ0) is 9.38. The van der Waals surface area contributed by atoms with Crippen LogP contribution in [0.25, 0.3) is 22.3 Å². The summed E-state index contributed by atoms with van der Waals surface area (Å²) < 4.78 is 9.80. The van der Waals surface area contributed by atoms with Gasteiger partial charge in [0.25, 0.3) is 0 Å². The summed E-state index contributed by atoms with van der Waals surface area (Å²) in [4.78, 5) is 0. The minimum Gasteiger partial charge on any atom is -0.286 e. The van der Waals surface area contributed by atoms with E-state index in [2.05, 4.69) is 12.1 Å². The van der Waals surface area contributed by atoms with Crippen LogP contribution in [-0.4, -0.2) is 0 Å². The largest absolute Gasteiger partial charge is 0.286 e. The molecule has 0 aliphatic rings. The molecule has 0 spiro atoms. The first-order chi connectivity index (χ1) is 6.95. The summed E-state index contributed by atoms with van der Waals surface area (Å²) in [5.41, 5.74) is 3.87. The van der Waals surface area contributed by atoms with Crippen molar-refractivity contribution in [2.45, 2.75) is 0 Å². The van der Waals surface area contributed by atoms with Gasteiger partial charge >= 0.3 is 0 Å². The summed E-state index contributed by atoms with van der Waals surface area (Å²) in [6.07, 6.45) is 0. The van der Waals surface area contributed by atoms with Crippen LogP contribution in [0.1, 0.15) is 0 Å². The molecule has 2 heteroatoms. The van der Waals surface area contributed by atoms with Crippen molar-refractivity contribution < 1.29 is 9.15 Å². The molecule has 14 heavy (non-hydrogen) atoms. The van der Waals surface area contributed by atoms with Gasteiger partial charge in [0.2, 0.25) is 11.2 Å². The highest BCUT2D eigenvalue weighted by Crippen LogP contribution is 2.30. The van der Waals surface area contributed by atoms with Crippen LogP contribution in [0.4, 0.5) is 0 Å². The molecule has 0 aliphatic heterocycles. The Bertz CT molecular complexity index is 546. The van der Waals surface area contributed by atoms with E-state index in [9.17, 15) is 0 Å². The van der Waals surface area contributed by atoms with Crippen molar-refractivity contribution in [3.8, 4) is 11.1 Å². The van der Waals surface area contributed by atoms with Crippen molar-refractivity contribution in [2.75, 3.05) is 0 Å². The van der Waals surface area contributed by atoms with Crippen LogP contribution in [0.2, 0.25) is 0 Å². The third-order valence-corrected chi connectivity index (χ3v) is 2.28. The standard InChI is InChI=1S/C12H8O2/c1-2-5-9(6-3-1)10-7-4-8-11-12(10)14-13-11/h1-8H. The Morgan fingerprint density at radius 2 is 1.57 bits per heavy atom. The molecule has 2 aromatic carbocycles. The average Bonchev–Trinajstić information content (AvgIpc) is 2.21. The lowest BCUT2D eigenvalue weighted by molar-refractivity contribution is 0.0594. The molecule has 0 fully saturated rings. The molecule has 3 aromatic rings. The fourth-order valence-corrected chi connectivity index (χ4v) is 1.56. The summed E-state index contributed by atoms with van der Waals surface area (Å²) in [5, 5.41) is 0. The smallest absolute Gasteiger partial charge is 0.233 e. The first-order valence-corrected chi connectivity index (χ1v) is 4.48. The van der Waals surface area contributed by atoms with Crippen LogP contribution in [0.15, 0.2) is 57.7 Å². The zero-order valence-electron chi connectivity index (χ0n) is 7.44. The molecule has 0 aliphatic carbocycles. The third kappa shape index (κ3) is 0.973. The van der Waals surface area contributed by atoms with E-state index in [-0.39, 0.29) is 0 Å². The lowest BCUT2D eigenvalue weighted by atomic mass is 10.1. The predicted molar refractivity (Wildman–Crippen MR) is 53.9 cm³/mol. The van der Waals surface area contributed by atoms with Crippen LogP contribution in [0.3, 0.4) is 0 Å². The summed E-state index contributed by atoms with van der Waals surface area (Å²) in [5.74, 6) is 0. The first-order valence-electron chi connectivity index (χ1n) is 4.48. The maximum absolute atomic E-state index is 4.96. The highest BCUT2D eigenvalue weighted by atomic mass is 17.0. The maximum atomic E-state index is 4.96. The first kappa shape index (κ1) is 7.44. The van der Waals surface area contributed by atoms with Crippen molar-refractivity contribution in [2.24, 2.45) is 0 Å². The second-order valence-electron chi connectivity index (χ2n) is 3.17. The van der Waals surface area contributed by atoms with Crippen molar-refractivity contribution >= 4 is 11.2 Å². The maximum Gasteiger partial charge on any atom is 0.233 e. The van der Waals surface area contributed by atoms with Crippen molar-refractivity contribution in [1.29, 1.82) is 0 Å². The molecule has 68 valence electrons. The van der Waals surface area contributed by atoms with Gasteiger partial charge in [-0.1, -0.05) is 42.5 Å². The van der Waals surface area contributed by atoms with E-state index in [0.29, 0.717) is 0 Å². The van der Waals surface area contributed by atoms with Crippen LogP contribution in [0, 0.1) is 0 Å². The minimum absolute atomic E-state index is 0.811. The molecule has 0 saturated carbocycles. The zero-order valence-corrected chi connectivity index (χ0v) is 7.44. The second kappa shape index (κ2) is 2.77. The normalized spacial score (nSPS) is 10.9. The number of benzene rings is 2. The van der Waals surface area contributed by atoms with Gasteiger partial charge in [-0.25, -0.2) is 0 Å². The Balaban J connectivity index is 2.26. The highest BCUT2D eigenvalue weighted by Gasteiger charge is 2.10. The van der Waals surface area contributed by atoms with Crippen molar-refractivity contribution in [1.82, 2.24) is 0 Å². The average molecular weight is 184 g/mol. The lowest BCUT2D eigenvalue weighted by Crippen LogP contribution is -1.82. The summed E-state index contributed by atoms with van der Waals surface area (Å²) in [6, 6.07) is 16.0. The minimum atomic E-state index is 0.811. The van der Waals surface area contributed by atoms with Crippen LogP contribution >= 0.6 is 0 Å². The summed E-state index contributed by atoms with van der Waals surface area (Å²) in [6.45, 7) is 0. The van der Waals surface area contributed by atoms with Crippen LogP contribution < -0.4 is 0 Å². The van der Waals surface area contributed by atoms with Gasteiger partial charge in [0.15, 0.2) is 0 Å². The van der Waals surface area contributed by atoms with E-state index in [1.54, 1.807) is 0 Å². The van der Waals surface area contributed by atoms with Crippen molar-refractivity contribution in [3.05, 3.63) is 48.5 Å². The molecule has 0 radical (unpaired) electrons.